The van der Waals surface area contributed by atoms with Gasteiger partial charge in [0, 0.05) is 23.6 Å². The van der Waals surface area contributed by atoms with Gasteiger partial charge in [0.1, 0.15) is 0 Å². The molecule has 4 rings (SSSR count). The lowest BCUT2D eigenvalue weighted by atomic mass is 10.1. The lowest BCUT2D eigenvalue weighted by molar-refractivity contribution is 0.496. The van der Waals surface area contributed by atoms with Gasteiger partial charge in [0.05, 0.1) is 21.5 Å². The third-order valence-electron chi connectivity index (χ3n) is 5.68. The smallest absolute Gasteiger partial charge is 0.227 e. The summed E-state index contributed by atoms with van der Waals surface area (Å²) in [4.78, 5) is 9.01. The van der Waals surface area contributed by atoms with Gasteiger partial charge in [-0.15, -0.1) is 0 Å². The Morgan fingerprint density at radius 3 is 2.36 bits per heavy atom. The van der Waals surface area contributed by atoms with Crippen molar-refractivity contribution in [3.05, 3.63) is 65.5 Å². The highest BCUT2D eigenvalue weighted by Gasteiger charge is 2.28. The number of rotatable bonds is 6. The molecule has 1 fully saturated rings. The largest absolute Gasteiger partial charge is 0.397 e. The third-order valence-corrected chi connectivity index (χ3v) is 7.96. The number of nitrogens with zero attached hydrogens (tertiary/aromatic N) is 2. The molecule has 0 atom stereocenters. The Hall–Kier alpha value is -3.43. The normalized spacial score (nSPS) is 15.1. The molecule has 1 saturated heterocycles. The summed E-state index contributed by atoms with van der Waals surface area (Å²) in [6.45, 7) is 3.43. The van der Waals surface area contributed by atoms with E-state index in [1.807, 2.05) is 31.2 Å². The van der Waals surface area contributed by atoms with Crippen LogP contribution >= 0.6 is 0 Å². The number of anilines is 4. The highest BCUT2D eigenvalue weighted by molar-refractivity contribution is 7.92. The number of sulfone groups is 1. The molecule has 6 N–H and O–H groups in total. The van der Waals surface area contributed by atoms with Crippen molar-refractivity contribution in [1.82, 2.24) is 15.3 Å². The van der Waals surface area contributed by atoms with Crippen LogP contribution in [0, 0.1) is 6.92 Å². The van der Waals surface area contributed by atoms with Gasteiger partial charge >= 0.3 is 0 Å². The molecule has 33 heavy (non-hydrogen) atoms. The Kier molecular flexibility index (Phi) is 6.62. The second kappa shape index (κ2) is 9.60. The number of nitrogen functional groups attached to an aromatic ring is 2. The summed E-state index contributed by atoms with van der Waals surface area (Å²) in [5.74, 6) is 0.417. The van der Waals surface area contributed by atoms with E-state index in [0.29, 0.717) is 40.7 Å². The van der Waals surface area contributed by atoms with Crippen LogP contribution < -0.4 is 22.1 Å². The Balaban J connectivity index is 1.42. The molecule has 9 heteroatoms. The fourth-order valence-corrected chi connectivity index (χ4v) is 5.58. The minimum atomic E-state index is -3.32. The fourth-order valence-electron chi connectivity index (χ4n) is 3.82. The SMILES string of the molecule is Cc1cc(N)c(N)c(/C=C/c2cnc(Nc3ccc(S(=O)(=O)C4CCNCC4)cc3)nc2)c1. The van der Waals surface area contributed by atoms with Crippen molar-refractivity contribution in [3.63, 3.8) is 0 Å². The zero-order valence-electron chi connectivity index (χ0n) is 18.5. The van der Waals surface area contributed by atoms with Crippen LogP contribution in [0.3, 0.4) is 0 Å². The number of nitrogens with one attached hydrogen (secondary N) is 2. The van der Waals surface area contributed by atoms with Crippen molar-refractivity contribution in [3.8, 4) is 0 Å². The molecule has 0 aliphatic carbocycles. The van der Waals surface area contributed by atoms with E-state index in [-0.39, 0.29) is 5.25 Å². The molecule has 3 aromatic rings. The molecule has 1 aliphatic heterocycles. The standard InChI is InChI=1S/C24H28N6O2S/c1-16-12-18(23(26)22(25)13-16)3-2-17-14-28-24(29-15-17)30-19-4-6-20(7-5-19)33(31,32)21-8-10-27-11-9-21/h2-7,12-15,21,27H,8-11,25-26H2,1H3,(H,28,29,30)/b3-2+. The Morgan fingerprint density at radius 1 is 1.03 bits per heavy atom. The van der Waals surface area contributed by atoms with Crippen LogP contribution in [0.4, 0.5) is 23.0 Å². The predicted molar refractivity (Wildman–Crippen MR) is 134 cm³/mol. The molecular formula is C24H28N6O2S. The molecular weight excluding hydrogens is 436 g/mol. The average Bonchev–Trinajstić information content (AvgIpc) is 2.82. The van der Waals surface area contributed by atoms with E-state index in [9.17, 15) is 8.42 Å². The molecule has 0 saturated carbocycles. The van der Waals surface area contributed by atoms with E-state index in [1.165, 1.54) is 0 Å². The maximum atomic E-state index is 12.8. The number of aryl methyl sites for hydroxylation is 1. The van der Waals surface area contributed by atoms with Crippen LogP contribution in [-0.2, 0) is 9.84 Å². The van der Waals surface area contributed by atoms with Crippen LogP contribution in [0.1, 0.15) is 29.5 Å². The Bertz CT molecular complexity index is 1250. The average molecular weight is 465 g/mol. The maximum Gasteiger partial charge on any atom is 0.227 e. The van der Waals surface area contributed by atoms with Gasteiger partial charge in [0.25, 0.3) is 0 Å². The van der Waals surface area contributed by atoms with E-state index in [2.05, 4.69) is 20.6 Å². The van der Waals surface area contributed by atoms with Crippen LogP contribution in [0.5, 0.6) is 0 Å². The van der Waals surface area contributed by atoms with E-state index in [1.54, 1.807) is 36.7 Å². The topological polar surface area (TPSA) is 136 Å². The number of nitrogens with two attached hydrogens (primary N) is 2. The maximum absolute atomic E-state index is 12.8. The van der Waals surface area contributed by atoms with Crippen LogP contribution in [-0.4, -0.2) is 36.7 Å². The summed E-state index contributed by atoms with van der Waals surface area (Å²) in [6, 6.07) is 10.5. The van der Waals surface area contributed by atoms with Crippen LogP contribution in [0.2, 0.25) is 0 Å². The van der Waals surface area contributed by atoms with E-state index >= 15 is 0 Å². The summed E-state index contributed by atoms with van der Waals surface area (Å²) in [5, 5.41) is 5.97. The molecule has 0 bridgehead atoms. The molecule has 1 aromatic heterocycles. The van der Waals surface area contributed by atoms with Crippen molar-refractivity contribution in [2.45, 2.75) is 29.9 Å². The number of aromatic nitrogens is 2. The van der Waals surface area contributed by atoms with Gasteiger partial charge in [0.2, 0.25) is 5.95 Å². The minimum Gasteiger partial charge on any atom is -0.397 e. The van der Waals surface area contributed by atoms with Gasteiger partial charge in [-0.3, -0.25) is 0 Å². The summed E-state index contributed by atoms with van der Waals surface area (Å²) >= 11 is 0. The summed E-state index contributed by atoms with van der Waals surface area (Å²) < 4.78 is 25.6. The molecule has 172 valence electrons. The van der Waals surface area contributed by atoms with E-state index < -0.39 is 9.84 Å². The molecule has 2 heterocycles. The van der Waals surface area contributed by atoms with Crippen molar-refractivity contribution < 1.29 is 8.42 Å². The van der Waals surface area contributed by atoms with Gasteiger partial charge in [-0.05, 0) is 80.4 Å². The second-order valence-corrected chi connectivity index (χ2v) is 10.4. The summed E-state index contributed by atoms with van der Waals surface area (Å²) in [6.07, 6.45) is 8.41. The van der Waals surface area contributed by atoms with Gasteiger partial charge in [0.15, 0.2) is 9.84 Å². The first-order valence-electron chi connectivity index (χ1n) is 10.8. The number of hydrogen-bond acceptors (Lipinski definition) is 8. The first kappa shape index (κ1) is 22.8. The van der Waals surface area contributed by atoms with Crippen molar-refractivity contribution in [2.24, 2.45) is 0 Å². The lowest BCUT2D eigenvalue weighted by Crippen LogP contribution is -2.35. The zero-order valence-corrected chi connectivity index (χ0v) is 19.3. The molecule has 1 aliphatic rings. The fraction of sp³-hybridized carbons (Fsp3) is 0.250. The van der Waals surface area contributed by atoms with Crippen LogP contribution in [0.15, 0.2) is 53.7 Å². The number of piperidine rings is 1. The molecule has 0 radical (unpaired) electrons. The van der Waals surface area contributed by atoms with E-state index in [0.717, 1.165) is 29.8 Å². The monoisotopic (exact) mass is 464 g/mol. The van der Waals surface area contributed by atoms with Gasteiger partial charge in [-0.25, -0.2) is 18.4 Å². The lowest BCUT2D eigenvalue weighted by Gasteiger charge is -2.22. The minimum absolute atomic E-state index is 0.326. The second-order valence-electron chi connectivity index (χ2n) is 8.17. The van der Waals surface area contributed by atoms with Gasteiger partial charge in [-0.2, -0.15) is 0 Å². The first-order valence-corrected chi connectivity index (χ1v) is 12.3. The zero-order chi connectivity index (χ0) is 23.4. The third kappa shape index (κ3) is 5.32. The molecule has 8 nitrogen and oxygen atoms in total. The number of hydrogen-bond donors (Lipinski definition) is 4. The van der Waals surface area contributed by atoms with Crippen molar-refractivity contribution >= 4 is 45.0 Å². The molecule has 0 amide bonds. The van der Waals surface area contributed by atoms with Gasteiger partial charge in [-0.1, -0.05) is 12.2 Å². The highest BCUT2D eigenvalue weighted by atomic mass is 32.2. The van der Waals surface area contributed by atoms with Crippen LogP contribution in [0.25, 0.3) is 12.2 Å². The first-order chi connectivity index (χ1) is 15.8. The quantitative estimate of drug-likeness (QED) is 0.408. The Labute approximate surface area is 194 Å². The molecule has 0 spiro atoms. The predicted octanol–water partition coefficient (Wildman–Crippen LogP) is 3.39. The van der Waals surface area contributed by atoms with E-state index in [4.69, 9.17) is 11.5 Å². The van der Waals surface area contributed by atoms with Crippen molar-refractivity contribution in [2.75, 3.05) is 29.9 Å². The number of benzene rings is 2. The van der Waals surface area contributed by atoms with Gasteiger partial charge < -0.3 is 22.1 Å². The summed E-state index contributed by atoms with van der Waals surface area (Å²) in [5.41, 5.74) is 16.5. The summed E-state index contributed by atoms with van der Waals surface area (Å²) in [7, 11) is -3.32. The highest BCUT2D eigenvalue weighted by Crippen LogP contribution is 2.25. The van der Waals surface area contributed by atoms with Crippen molar-refractivity contribution in [1.29, 1.82) is 0 Å². The molecule has 2 aromatic carbocycles. The Morgan fingerprint density at radius 2 is 1.70 bits per heavy atom. The molecule has 0 unspecified atom stereocenters.